The van der Waals surface area contributed by atoms with Gasteiger partial charge in [0.1, 0.15) is 23.5 Å². The van der Waals surface area contributed by atoms with Gasteiger partial charge in [-0.05, 0) is 6.04 Å². The van der Waals surface area contributed by atoms with Crippen molar-refractivity contribution in [3.8, 4) is 5.69 Å². The predicted molar refractivity (Wildman–Crippen MR) is 111 cm³/mol. The van der Waals surface area contributed by atoms with Gasteiger partial charge in [0.25, 0.3) is 0 Å². The van der Waals surface area contributed by atoms with Gasteiger partial charge in [-0.2, -0.15) is 10.2 Å². The van der Waals surface area contributed by atoms with Crippen LogP contribution in [0.1, 0.15) is 0 Å². The second-order valence-corrected chi connectivity index (χ2v) is 13.5. The Balaban J connectivity index is 1.59. The molecular formula is C19H24N6OSi. The van der Waals surface area contributed by atoms with Crippen LogP contribution in [-0.4, -0.2) is 39.2 Å². The average molecular weight is 381 g/mol. The molecule has 0 spiro atoms. The molecule has 27 heavy (non-hydrogen) atoms. The van der Waals surface area contributed by atoms with Gasteiger partial charge < -0.3 is 10.5 Å². The highest BCUT2D eigenvalue weighted by Gasteiger charge is 2.15. The summed E-state index contributed by atoms with van der Waals surface area (Å²) in [7, 11) is -1.08. The van der Waals surface area contributed by atoms with Crippen molar-refractivity contribution in [2.75, 3.05) is 12.3 Å². The Morgan fingerprint density at radius 2 is 1.93 bits per heavy atom. The molecule has 7 nitrogen and oxygen atoms in total. The molecule has 0 amide bonds. The van der Waals surface area contributed by atoms with Crippen LogP contribution in [-0.2, 0) is 11.5 Å². The SMILES string of the molecule is C[Si](C)(C)CCOCn1cc(-n2nc3c(ncc4ccccc43)c2N)cn1. The van der Waals surface area contributed by atoms with Crippen molar-refractivity contribution in [1.82, 2.24) is 24.5 Å². The first kappa shape index (κ1) is 17.7. The Bertz CT molecular complexity index is 1090. The van der Waals surface area contributed by atoms with Gasteiger partial charge in [-0.1, -0.05) is 43.9 Å². The average Bonchev–Trinajstić information content (AvgIpc) is 3.23. The van der Waals surface area contributed by atoms with E-state index in [0.29, 0.717) is 18.1 Å². The first-order chi connectivity index (χ1) is 12.9. The molecule has 0 saturated heterocycles. The van der Waals surface area contributed by atoms with Crippen LogP contribution in [0.4, 0.5) is 5.82 Å². The van der Waals surface area contributed by atoms with Crippen LogP contribution in [0.3, 0.4) is 0 Å². The van der Waals surface area contributed by atoms with Crippen molar-refractivity contribution >= 4 is 35.7 Å². The molecule has 4 rings (SSSR count). The molecule has 8 heteroatoms. The lowest BCUT2D eigenvalue weighted by molar-refractivity contribution is 0.0786. The maximum absolute atomic E-state index is 6.32. The van der Waals surface area contributed by atoms with E-state index in [0.717, 1.165) is 34.6 Å². The third-order valence-corrected chi connectivity index (χ3v) is 6.23. The van der Waals surface area contributed by atoms with E-state index in [2.05, 4.69) is 29.7 Å². The summed E-state index contributed by atoms with van der Waals surface area (Å²) in [5.74, 6) is 0.509. The topological polar surface area (TPSA) is 83.8 Å². The summed E-state index contributed by atoms with van der Waals surface area (Å²) in [6, 6.07) is 9.17. The molecule has 0 aliphatic carbocycles. The number of benzene rings is 1. The highest BCUT2D eigenvalue weighted by atomic mass is 28.3. The van der Waals surface area contributed by atoms with Gasteiger partial charge in [0, 0.05) is 31.7 Å². The number of ether oxygens (including phenoxy) is 1. The van der Waals surface area contributed by atoms with Crippen LogP contribution >= 0.6 is 0 Å². The second kappa shape index (κ2) is 6.79. The smallest absolute Gasteiger partial charge is 0.154 e. The van der Waals surface area contributed by atoms with E-state index in [1.807, 2.05) is 36.7 Å². The van der Waals surface area contributed by atoms with Crippen LogP contribution in [0.25, 0.3) is 27.5 Å². The van der Waals surface area contributed by atoms with E-state index in [1.165, 1.54) is 0 Å². The lowest BCUT2D eigenvalue weighted by atomic mass is 10.1. The molecule has 0 radical (unpaired) electrons. The molecule has 0 aliphatic heterocycles. The molecule has 4 aromatic rings. The van der Waals surface area contributed by atoms with E-state index < -0.39 is 8.07 Å². The number of fused-ring (bicyclic) bond motifs is 3. The van der Waals surface area contributed by atoms with Gasteiger partial charge in [0.15, 0.2) is 5.82 Å². The number of nitrogen functional groups attached to an aromatic ring is 1. The van der Waals surface area contributed by atoms with Crippen molar-refractivity contribution in [3.63, 3.8) is 0 Å². The molecule has 0 atom stereocenters. The van der Waals surface area contributed by atoms with E-state index in [9.17, 15) is 0 Å². The van der Waals surface area contributed by atoms with Crippen molar-refractivity contribution in [2.45, 2.75) is 32.4 Å². The normalized spacial score (nSPS) is 12.3. The molecular weight excluding hydrogens is 356 g/mol. The number of nitrogens with zero attached hydrogens (tertiary/aromatic N) is 5. The van der Waals surface area contributed by atoms with Crippen LogP contribution in [0.2, 0.25) is 25.7 Å². The summed E-state index contributed by atoms with van der Waals surface area (Å²) in [6.45, 7) is 8.20. The monoisotopic (exact) mass is 380 g/mol. The standard InChI is InChI=1S/C19H24N6OSi/c1-27(2,3)9-8-26-13-24-12-15(11-22-24)25-19(20)18-17(23-25)16-7-5-4-6-14(16)10-21-18/h4-7,10-12H,8-9,13,20H2,1-3H3. The number of pyridine rings is 1. The molecule has 0 aliphatic rings. The molecule has 0 saturated carbocycles. The summed E-state index contributed by atoms with van der Waals surface area (Å²) in [5.41, 5.74) is 8.61. The summed E-state index contributed by atoms with van der Waals surface area (Å²) in [4.78, 5) is 4.49. The third kappa shape index (κ3) is 3.58. The summed E-state index contributed by atoms with van der Waals surface area (Å²) in [5, 5.41) is 11.1. The Kier molecular flexibility index (Phi) is 4.45. The van der Waals surface area contributed by atoms with E-state index in [-0.39, 0.29) is 0 Å². The molecule has 0 bridgehead atoms. The highest BCUT2D eigenvalue weighted by molar-refractivity contribution is 6.76. The number of nitrogens with two attached hydrogens (primary N) is 1. The molecule has 3 aromatic heterocycles. The molecule has 1 aromatic carbocycles. The fourth-order valence-corrected chi connectivity index (χ4v) is 3.71. The van der Waals surface area contributed by atoms with Crippen LogP contribution in [0, 0.1) is 0 Å². The van der Waals surface area contributed by atoms with E-state index in [4.69, 9.17) is 15.6 Å². The van der Waals surface area contributed by atoms with Crippen molar-refractivity contribution in [3.05, 3.63) is 42.9 Å². The van der Waals surface area contributed by atoms with Crippen molar-refractivity contribution < 1.29 is 4.74 Å². The number of hydrogen-bond acceptors (Lipinski definition) is 5. The first-order valence-electron chi connectivity index (χ1n) is 9.05. The van der Waals surface area contributed by atoms with Gasteiger partial charge in [0.05, 0.1) is 12.4 Å². The molecule has 0 fully saturated rings. The lowest BCUT2D eigenvalue weighted by Gasteiger charge is -2.15. The minimum Gasteiger partial charge on any atom is -0.382 e. The summed E-state index contributed by atoms with van der Waals surface area (Å²) < 4.78 is 9.20. The highest BCUT2D eigenvalue weighted by Crippen LogP contribution is 2.27. The fraction of sp³-hybridized carbons (Fsp3) is 0.316. The summed E-state index contributed by atoms with van der Waals surface area (Å²) >= 11 is 0. The number of anilines is 1. The predicted octanol–water partition coefficient (Wildman–Crippen LogP) is 3.66. The van der Waals surface area contributed by atoms with Crippen molar-refractivity contribution in [2.24, 2.45) is 0 Å². The lowest BCUT2D eigenvalue weighted by Crippen LogP contribution is -2.22. The molecule has 0 unspecified atom stereocenters. The summed E-state index contributed by atoms with van der Waals surface area (Å²) in [6.07, 6.45) is 5.46. The zero-order valence-electron chi connectivity index (χ0n) is 15.9. The minimum absolute atomic E-state index is 0.423. The Hall–Kier alpha value is -2.71. The van der Waals surface area contributed by atoms with Crippen LogP contribution in [0.15, 0.2) is 42.9 Å². The van der Waals surface area contributed by atoms with Crippen molar-refractivity contribution in [1.29, 1.82) is 0 Å². The van der Waals surface area contributed by atoms with Crippen LogP contribution in [0.5, 0.6) is 0 Å². The number of aromatic nitrogens is 5. The Morgan fingerprint density at radius 3 is 2.74 bits per heavy atom. The first-order valence-corrected chi connectivity index (χ1v) is 12.8. The maximum Gasteiger partial charge on any atom is 0.154 e. The number of rotatable bonds is 6. The third-order valence-electron chi connectivity index (χ3n) is 4.53. The fourth-order valence-electron chi connectivity index (χ4n) is 2.96. The Morgan fingerprint density at radius 1 is 1.11 bits per heavy atom. The molecule has 3 heterocycles. The van der Waals surface area contributed by atoms with E-state index >= 15 is 0 Å². The van der Waals surface area contributed by atoms with Gasteiger partial charge in [-0.15, -0.1) is 0 Å². The zero-order valence-corrected chi connectivity index (χ0v) is 16.9. The van der Waals surface area contributed by atoms with Gasteiger partial charge in [0.2, 0.25) is 0 Å². The Labute approximate surface area is 158 Å². The van der Waals surface area contributed by atoms with Gasteiger partial charge >= 0.3 is 0 Å². The van der Waals surface area contributed by atoms with Crippen LogP contribution < -0.4 is 5.73 Å². The molecule has 140 valence electrons. The largest absolute Gasteiger partial charge is 0.382 e. The van der Waals surface area contributed by atoms with Gasteiger partial charge in [-0.3, -0.25) is 0 Å². The second-order valence-electron chi connectivity index (χ2n) is 7.93. The maximum atomic E-state index is 6.32. The number of hydrogen-bond donors (Lipinski definition) is 1. The van der Waals surface area contributed by atoms with Gasteiger partial charge in [-0.25, -0.2) is 14.3 Å². The van der Waals surface area contributed by atoms with E-state index in [1.54, 1.807) is 15.6 Å². The zero-order chi connectivity index (χ0) is 19.0. The quantitative estimate of drug-likeness (QED) is 0.408. The minimum atomic E-state index is -1.08. The molecule has 2 N–H and O–H groups in total.